The number of ether oxygens (including phenoxy) is 6. The Labute approximate surface area is 319 Å². The third-order valence-electron chi connectivity index (χ3n) is 7.43. The van der Waals surface area contributed by atoms with Gasteiger partial charge in [-0.3, -0.25) is 9.59 Å². The van der Waals surface area contributed by atoms with Gasteiger partial charge in [0.1, 0.15) is 11.5 Å². The molecule has 0 aliphatic carbocycles. The second-order valence-electron chi connectivity index (χ2n) is 11.6. The molecule has 2 N–H and O–H groups in total. The van der Waals surface area contributed by atoms with Crippen LogP contribution in [0.2, 0.25) is 0 Å². The Morgan fingerprint density at radius 3 is 1.37 bits per heavy atom. The summed E-state index contributed by atoms with van der Waals surface area (Å²) in [4.78, 5) is 49.9. The Morgan fingerprint density at radius 2 is 0.982 bits per heavy atom. The summed E-state index contributed by atoms with van der Waals surface area (Å²) in [5.41, 5.74) is 0.595. The molecule has 0 heterocycles. The molecule has 4 rings (SSSR count). The van der Waals surface area contributed by atoms with Gasteiger partial charge in [-0.05, 0) is 83.9 Å². The fourth-order valence-electron chi connectivity index (χ4n) is 4.63. The van der Waals surface area contributed by atoms with Crippen molar-refractivity contribution in [3.8, 4) is 34.5 Å². The van der Waals surface area contributed by atoms with Gasteiger partial charge in [0.15, 0.2) is 28.8 Å². The minimum Gasteiger partial charge on any atom is -0.493 e. The van der Waals surface area contributed by atoms with E-state index in [2.05, 4.69) is 9.47 Å². The van der Waals surface area contributed by atoms with E-state index in [9.17, 15) is 55.7 Å². The van der Waals surface area contributed by atoms with E-state index in [1.54, 1.807) is 0 Å². The van der Waals surface area contributed by atoms with Gasteiger partial charge in [-0.1, -0.05) is 36.4 Å². The lowest BCUT2D eigenvalue weighted by Crippen LogP contribution is -2.37. The summed E-state index contributed by atoms with van der Waals surface area (Å²) in [6, 6.07) is 17.2. The molecule has 0 bridgehead atoms. The van der Waals surface area contributed by atoms with E-state index in [1.165, 1.54) is 60.7 Å². The highest BCUT2D eigenvalue weighted by molar-refractivity contribution is 6.00. The second-order valence-corrected chi connectivity index (χ2v) is 11.6. The van der Waals surface area contributed by atoms with Crippen LogP contribution in [0.15, 0.2) is 97.1 Å². The van der Waals surface area contributed by atoms with Crippen LogP contribution in [0.3, 0.4) is 0 Å². The monoisotopic (exact) mass is 804 g/mol. The highest BCUT2D eigenvalue weighted by Crippen LogP contribution is 2.34. The first-order valence-electron chi connectivity index (χ1n) is 16.2. The van der Waals surface area contributed by atoms with Crippen LogP contribution in [0.5, 0.6) is 34.5 Å². The molecule has 4 aromatic carbocycles. The van der Waals surface area contributed by atoms with Gasteiger partial charge in [0.05, 0.1) is 25.3 Å². The molecular weight excluding hydrogens is 774 g/mol. The zero-order valence-electron chi connectivity index (χ0n) is 29.6. The number of carbonyl (C=O) groups excluding carboxylic acids is 4. The first kappa shape index (κ1) is 43.1. The van der Waals surface area contributed by atoms with E-state index in [1.807, 2.05) is 0 Å². The highest BCUT2D eigenvalue weighted by atomic mass is 19.4. The Bertz CT molecular complexity index is 2140. The van der Waals surface area contributed by atoms with Crippen molar-refractivity contribution in [1.29, 1.82) is 0 Å². The Morgan fingerprint density at radius 1 is 0.579 bits per heavy atom. The van der Waals surface area contributed by atoms with Crippen molar-refractivity contribution >= 4 is 35.7 Å². The van der Waals surface area contributed by atoms with Crippen molar-refractivity contribution in [3.05, 3.63) is 119 Å². The normalized spacial score (nSPS) is 12.0. The number of hydrogen-bond acceptors (Lipinski definition) is 12. The molecule has 0 amide bonds. The van der Waals surface area contributed by atoms with Crippen LogP contribution < -0.4 is 28.4 Å². The van der Waals surface area contributed by atoms with E-state index < -0.39 is 66.4 Å². The van der Waals surface area contributed by atoms with E-state index in [0.29, 0.717) is 11.1 Å². The minimum absolute atomic E-state index is 0.0368. The van der Waals surface area contributed by atoms with Crippen molar-refractivity contribution in [2.45, 2.75) is 31.4 Å². The van der Waals surface area contributed by atoms with Gasteiger partial charge >= 0.3 is 24.7 Å². The Balaban J connectivity index is 1.25. The molecule has 0 spiro atoms. The fourth-order valence-corrected chi connectivity index (χ4v) is 4.63. The molecule has 12 nitrogen and oxygen atoms in total. The number of aliphatic hydroxyl groups is 2. The maximum absolute atomic E-state index is 12.6. The van der Waals surface area contributed by atoms with Crippen molar-refractivity contribution in [3.63, 3.8) is 0 Å². The van der Waals surface area contributed by atoms with E-state index in [0.717, 1.165) is 62.8 Å². The van der Waals surface area contributed by atoms with Crippen LogP contribution in [0.1, 0.15) is 44.7 Å². The average molecular weight is 805 g/mol. The predicted molar refractivity (Wildman–Crippen MR) is 187 cm³/mol. The standard InChI is InChI=1S/C39H30F6O12/c1-52-32-21-25(9-16-30(32)56-38(40,41)42)35(48)54-28-12-4-23(5-13-28)3-11-27(46)19-20-37(50,51)34(47)18-8-24-6-14-29(15-7-24)55-36(49)26-10-17-31(33(22-26)53-2)57-39(43,44)45/h3-18,21-22,50-51H,19-20H2,1-2H3. The third-order valence-corrected chi connectivity index (χ3v) is 7.43. The molecule has 0 atom stereocenters. The SMILES string of the molecule is COc1cc(C(=O)Oc2ccc(C=CC(=O)CCC(O)(O)C(=O)C=Cc3ccc(OC(=O)c4ccc(OC(F)(F)F)c(OC)c4)cc3)cc2)ccc1OC(F)(F)F. The number of carbonyl (C=O) groups is 4. The largest absolute Gasteiger partial charge is 0.573 e. The lowest BCUT2D eigenvalue weighted by molar-refractivity contribution is -0.276. The van der Waals surface area contributed by atoms with Crippen molar-refractivity contribution in [2.75, 3.05) is 14.2 Å². The molecular formula is C39H30F6O12. The zero-order valence-corrected chi connectivity index (χ0v) is 29.6. The second kappa shape index (κ2) is 18.3. The molecule has 300 valence electrons. The maximum Gasteiger partial charge on any atom is 0.573 e. The first-order chi connectivity index (χ1) is 26.7. The zero-order chi connectivity index (χ0) is 42.0. The number of benzene rings is 4. The number of allylic oxidation sites excluding steroid dienone is 1. The Hall–Kier alpha value is -6.66. The molecule has 0 aromatic heterocycles. The molecule has 0 radical (unpaired) electrons. The van der Waals surface area contributed by atoms with E-state index >= 15 is 0 Å². The molecule has 0 unspecified atom stereocenters. The van der Waals surface area contributed by atoms with Crippen LogP contribution in [0, 0.1) is 0 Å². The van der Waals surface area contributed by atoms with Gasteiger partial charge in [0.25, 0.3) is 0 Å². The summed E-state index contributed by atoms with van der Waals surface area (Å²) >= 11 is 0. The van der Waals surface area contributed by atoms with Gasteiger partial charge in [-0.15, -0.1) is 26.3 Å². The van der Waals surface area contributed by atoms with Crippen LogP contribution in [0.4, 0.5) is 26.3 Å². The van der Waals surface area contributed by atoms with Gasteiger partial charge in [0.2, 0.25) is 11.6 Å². The third kappa shape index (κ3) is 13.3. The molecule has 18 heteroatoms. The first-order valence-corrected chi connectivity index (χ1v) is 16.2. The van der Waals surface area contributed by atoms with Crippen molar-refractivity contribution in [2.24, 2.45) is 0 Å². The summed E-state index contributed by atoms with van der Waals surface area (Å²) < 4.78 is 103. The number of rotatable bonds is 16. The summed E-state index contributed by atoms with van der Waals surface area (Å²) in [6.45, 7) is 0. The minimum atomic E-state index is -4.98. The van der Waals surface area contributed by atoms with Crippen LogP contribution in [-0.2, 0) is 9.59 Å². The van der Waals surface area contributed by atoms with Crippen molar-refractivity contribution in [1.82, 2.24) is 0 Å². The smallest absolute Gasteiger partial charge is 0.493 e. The van der Waals surface area contributed by atoms with E-state index in [-0.39, 0.29) is 34.1 Å². The van der Waals surface area contributed by atoms with Gasteiger partial charge in [-0.25, -0.2) is 9.59 Å². The number of methoxy groups -OCH3 is 2. The van der Waals surface area contributed by atoms with Crippen molar-refractivity contribution < 1.29 is 84.2 Å². The number of hydrogen-bond donors (Lipinski definition) is 2. The van der Waals surface area contributed by atoms with Gasteiger partial charge in [-0.2, -0.15) is 0 Å². The number of ketones is 2. The summed E-state index contributed by atoms with van der Waals surface area (Å²) in [7, 11) is 2.19. The highest BCUT2D eigenvalue weighted by Gasteiger charge is 2.34. The molecule has 57 heavy (non-hydrogen) atoms. The maximum atomic E-state index is 12.6. The fraction of sp³-hybridized carbons (Fsp3) is 0.179. The average Bonchev–Trinajstić information content (AvgIpc) is 3.15. The summed E-state index contributed by atoms with van der Waals surface area (Å²) in [5, 5.41) is 20.6. The Kier molecular flexibility index (Phi) is 13.8. The number of halogens is 6. The molecule has 0 fully saturated rings. The molecule has 4 aromatic rings. The number of alkyl halides is 6. The van der Waals surface area contributed by atoms with Crippen LogP contribution in [-0.4, -0.2) is 66.4 Å². The van der Waals surface area contributed by atoms with Crippen LogP contribution >= 0.6 is 0 Å². The molecule has 0 saturated carbocycles. The van der Waals surface area contributed by atoms with Gasteiger partial charge < -0.3 is 38.6 Å². The molecule has 0 aliphatic rings. The molecule has 0 saturated heterocycles. The summed E-state index contributed by atoms with van der Waals surface area (Å²) in [6.07, 6.45) is -6.39. The predicted octanol–water partition coefficient (Wildman–Crippen LogP) is 7.27. The molecule has 0 aliphatic heterocycles. The van der Waals surface area contributed by atoms with Gasteiger partial charge in [0, 0.05) is 12.8 Å². The number of esters is 2. The summed E-state index contributed by atoms with van der Waals surface area (Å²) in [5.74, 6) is -8.31. The topological polar surface area (TPSA) is 164 Å². The quantitative estimate of drug-likeness (QED) is 0.0384. The lowest BCUT2D eigenvalue weighted by Gasteiger charge is -2.17. The van der Waals surface area contributed by atoms with E-state index in [4.69, 9.17) is 18.9 Å². The van der Waals surface area contributed by atoms with Crippen LogP contribution in [0.25, 0.3) is 12.2 Å². The lowest BCUT2D eigenvalue weighted by atomic mass is 10.0.